The van der Waals surface area contributed by atoms with Crippen molar-refractivity contribution >= 4 is 44.6 Å². The Bertz CT molecular complexity index is 307. The molecule has 0 aliphatic carbocycles. The Balaban J connectivity index is -0.000000291. The zero-order valence-electron chi connectivity index (χ0n) is 16.1. The molecule has 0 aromatic rings. The van der Waals surface area contributed by atoms with Gasteiger partial charge >= 0.3 is 81.5 Å². The summed E-state index contributed by atoms with van der Waals surface area (Å²) in [5.41, 5.74) is 0. The van der Waals surface area contributed by atoms with Gasteiger partial charge in [0, 0.05) is 12.8 Å². The molecule has 0 fully saturated rings. The van der Waals surface area contributed by atoms with E-state index in [1.165, 1.54) is 39.5 Å². The van der Waals surface area contributed by atoms with Gasteiger partial charge in [0.25, 0.3) is 0 Å². The van der Waals surface area contributed by atoms with Crippen molar-refractivity contribution in [3.63, 3.8) is 0 Å². The van der Waals surface area contributed by atoms with E-state index in [4.69, 9.17) is 10.2 Å². The van der Waals surface area contributed by atoms with Gasteiger partial charge in [-0.3, -0.25) is 9.59 Å². The SMILES string of the molecule is CC(=O)CCC(=O)O.CC(=O)CCC(=O)O.CCC[CH2][Sn][CH2]CCC. The van der Waals surface area contributed by atoms with Crippen molar-refractivity contribution in [3.8, 4) is 0 Å². The molecule has 0 aromatic carbocycles. The first-order chi connectivity index (χ1) is 11.7. The van der Waals surface area contributed by atoms with Crippen LogP contribution in [0.2, 0.25) is 8.87 Å². The summed E-state index contributed by atoms with van der Waals surface area (Å²) in [6.07, 6.45) is 6.04. The van der Waals surface area contributed by atoms with Crippen LogP contribution >= 0.6 is 0 Å². The van der Waals surface area contributed by atoms with Crippen molar-refractivity contribution in [1.29, 1.82) is 0 Å². The fraction of sp³-hybridized carbons (Fsp3) is 0.778. The number of rotatable bonds is 12. The summed E-state index contributed by atoms with van der Waals surface area (Å²) in [5, 5.41) is 16.0. The van der Waals surface area contributed by atoms with Gasteiger partial charge in [0.15, 0.2) is 0 Å². The topological polar surface area (TPSA) is 109 Å². The molecule has 0 saturated heterocycles. The van der Waals surface area contributed by atoms with Crippen molar-refractivity contribution < 1.29 is 29.4 Å². The van der Waals surface area contributed by atoms with Crippen molar-refractivity contribution in [2.24, 2.45) is 0 Å². The standard InChI is InChI=1S/2C5H8O3.2C4H9.Sn/c2*1-4(6)2-3-5(7)8;2*1-3-4-2;/h2*2-3H2,1H3,(H,7,8);2*1,3-4H2,2H3;. The zero-order chi connectivity index (χ0) is 20.1. The van der Waals surface area contributed by atoms with Gasteiger partial charge in [-0.2, -0.15) is 0 Å². The number of carboxylic acids is 2. The summed E-state index contributed by atoms with van der Waals surface area (Å²) in [5.74, 6) is -1.99. The average Bonchev–Trinajstić information content (AvgIpc) is 2.52. The molecule has 0 spiro atoms. The van der Waals surface area contributed by atoms with E-state index >= 15 is 0 Å². The number of unbranched alkanes of at least 4 members (excludes halogenated alkanes) is 2. The number of Topliss-reactive ketones (excluding diaryl/α,β-unsaturated/α-hetero) is 2. The van der Waals surface area contributed by atoms with Crippen molar-refractivity contribution in [1.82, 2.24) is 0 Å². The molecule has 146 valence electrons. The number of carbonyl (C=O) groups is 4. The van der Waals surface area contributed by atoms with Crippen LogP contribution in [0.3, 0.4) is 0 Å². The second-order valence-electron chi connectivity index (χ2n) is 5.65. The van der Waals surface area contributed by atoms with Crippen LogP contribution in [0.1, 0.15) is 79.1 Å². The quantitative estimate of drug-likeness (QED) is 0.333. The van der Waals surface area contributed by atoms with Crippen molar-refractivity contribution in [2.45, 2.75) is 87.9 Å². The van der Waals surface area contributed by atoms with E-state index in [-0.39, 0.29) is 58.4 Å². The van der Waals surface area contributed by atoms with Gasteiger partial charge in [0.1, 0.15) is 11.6 Å². The van der Waals surface area contributed by atoms with Gasteiger partial charge in [-0.15, -0.1) is 0 Å². The molecule has 0 aliphatic heterocycles. The summed E-state index contributed by atoms with van der Waals surface area (Å²) in [6, 6.07) is 0. The number of ketones is 2. The average molecular weight is 465 g/mol. The second kappa shape index (κ2) is 23.1. The molecule has 0 amide bonds. The third-order valence-corrected chi connectivity index (χ3v) is 6.83. The summed E-state index contributed by atoms with van der Waals surface area (Å²) in [6.45, 7) is 7.34. The van der Waals surface area contributed by atoms with Crippen LogP contribution in [0.4, 0.5) is 0 Å². The first kappa shape index (κ1) is 28.9. The van der Waals surface area contributed by atoms with E-state index in [1.54, 1.807) is 8.87 Å². The Morgan fingerprint density at radius 3 is 1.16 bits per heavy atom. The van der Waals surface area contributed by atoms with E-state index in [0.717, 1.165) is 0 Å². The Kier molecular flexibility index (Phi) is 26.6. The molecule has 0 unspecified atom stereocenters. The Labute approximate surface area is 162 Å². The van der Waals surface area contributed by atoms with Crippen LogP contribution in [-0.2, 0) is 19.2 Å². The third-order valence-electron chi connectivity index (χ3n) is 2.80. The van der Waals surface area contributed by atoms with Crippen LogP contribution in [0, 0.1) is 0 Å². The fourth-order valence-corrected chi connectivity index (χ4v) is 5.45. The van der Waals surface area contributed by atoms with Gasteiger partial charge in [-0.05, 0) is 13.8 Å². The number of aliphatic carboxylic acids is 2. The second-order valence-corrected chi connectivity index (χ2v) is 9.93. The maximum absolute atomic E-state index is 10.1. The first-order valence-corrected chi connectivity index (χ1v) is 12.8. The van der Waals surface area contributed by atoms with E-state index in [9.17, 15) is 19.2 Å². The number of carboxylic acid groups (broad SMARTS) is 2. The van der Waals surface area contributed by atoms with Gasteiger partial charge in [0.2, 0.25) is 0 Å². The summed E-state index contributed by atoms with van der Waals surface area (Å²) in [4.78, 5) is 39.7. The molecule has 0 bridgehead atoms. The van der Waals surface area contributed by atoms with Crippen LogP contribution in [0.15, 0.2) is 0 Å². The fourth-order valence-electron chi connectivity index (χ4n) is 1.29. The van der Waals surface area contributed by atoms with Gasteiger partial charge in [-0.1, -0.05) is 0 Å². The van der Waals surface area contributed by atoms with Crippen LogP contribution in [-0.4, -0.2) is 54.9 Å². The molecule has 0 heterocycles. The molecule has 25 heavy (non-hydrogen) atoms. The van der Waals surface area contributed by atoms with Crippen molar-refractivity contribution in [2.75, 3.05) is 0 Å². The molecule has 2 N–H and O–H groups in total. The van der Waals surface area contributed by atoms with Crippen LogP contribution in [0.5, 0.6) is 0 Å². The molecule has 2 radical (unpaired) electrons. The maximum atomic E-state index is 10.1. The predicted molar refractivity (Wildman–Crippen MR) is 100 cm³/mol. The van der Waals surface area contributed by atoms with Gasteiger partial charge < -0.3 is 19.8 Å². The molecule has 6 nitrogen and oxygen atoms in total. The molecule has 7 heteroatoms. The van der Waals surface area contributed by atoms with E-state index in [2.05, 4.69) is 13.8 Å². The molecule has 0 saturated carbocycles. The Morgan fingerprint density at radius 1 is 0.680 bits per heavy atom. The number of carbonyl (C=O) groups excluding carboxylic acids is 2. The Morgan fingerprint density at radius 2 is 1.00 bits per heavy atom. The van der Waals surface area contributed by atoms with Gasteiger partial charge in [0.05, 0.1) is 12.8 Å². The number of hydrogen-bond donors (Lipinski definition) is 2. The van der Waals surface area contributed by atoms with E-state index < -0.39 is 11.9 Å². The molecular formula is C18H34O6Sn. The predicted octanol–water partition coefficient (Wildman–Crippen LogP) is 4.01. The molecular weight excluding hydrogens is 431 g/mol. The van der Waals surface area contributed by atoms with Crippen LogP contribution < -0.4 is 0 Å². The minimum absolute atomic E-state index is 0.0463. The van der Waals surface area contributed by atoms with E-state index in [1.807, 2.05) is 0 Å². The molecule has 0 aromatic heterocycles. The summed E-state index contributed by atoms with van der Waals surface area (Å²) >= 11 is 0.149. The summed E-state index contributed by atoms with van der Waals surface area (Å²) in [7, 11) is 0. The first-order valence-electron chi connectivity index (χ1n) is 8.80. The van der Waals surface area contributed by atoms with Crippen molar-refractivity contribution in [3.05, 3.63) is 0 Å². The number of hydrogen-bond acceptors (Lipinski definition) is 4. The molecule has 0 aliphatic rings. The van der Waals surface area contributed by atoms with Gasteiger partial charge in [-0.25, -0.2) is 0 Å². The minimum atomic E-state index is -0.916. The van der Waals surface area contributed by atoms with E-state index in [0.29, 0.717) is 0 Å². The zero-order valence-corrected chi connectivity index (χ0v) is 19.0. The molecule has 0 atom stereocenters. The monoisotopic (exact) mass is 466 g/mol. The Hall–Kier alpha value is -0.921. The molecule has 0 rings (SSSR count). The van der Waals surface area contributed by atoms with Crippen LogP contribution in [0.25, 0.3) is 0 Å². The summed E-state index contributed by atoms with van der Waals surface area (Å²) < 4.78 is 3.25. The third kappa shape index (κ3) is 45.1. The normalized spacial score (nSPS) is 9.12.